The highest BCUT2D eigenvalue weighted by Crippen LogP contribution is 2.22. The van der Waals surface area contributed by atoms with Crippen LogP contribution in [0.5, 0.6) is 0 Å². The van der Waals surface area contributed by atoms with E-state index in [0.717, 1.165) is 11.4 Å². The number of carbonyl (C=O) groups is 1. The zero-order chi connectivity index (χ0) is 15.7. The van der Waals surface area contributed by atoms with Crippen LogP contribution >= 0.6 is 0 Å². The van der Waals surface area contributed by atoms with Crippen molar-refractivity contribution in [1.29, 1.82) is 0 Å². The standard InChI is InChI=1S/C15H18N4O3/c1-9-6-12(17-10(2)16-9)14-7-19(4-5-21-14)15(20)13-8-22-11(3)18-13/h6,8,14H,4-5,7H2,1-3H3/t14-/m1/s1. The van der Waals surface area contributed by atoms with Gasteiger partial charge in [-0.15, -0.1) is 0 Å². The first-order valence-electron chi connectivity index (χ1n) is 7.18. The average Bonchev–Trinajstić information content (AvgIpc) is 2.92. The van der Waals surface area contributed by atoms with Crippen LogP contribution in [0.3, 0.4) is 0 Å². The van der Waals surface area contributed by atoms with Crippen molar-refractivity contribution in [3.05, 3.63) is 41.1 Å². The van der Waals surface area contributed by atoms with E-state index >= 15 is 0 Å². The van der Waals surface area contributed by atoms with Gasteiger partial charge in [-0.3, -0.25) is 4.79 Å². The second kappa shape index (κ2) is 5.84. The van der Waals surface area contributed by atoms with Crippen LogP contribution in [0.1, 0.15) is 39.7 Å². The van der Waals surface area contributed by atoms with Crippen molar-refractivity contribution < 1.29 is 13.9 Å². The Morgan fingerprint density at radius 2 is 2.09 bits per heavy atom. The molecule has 1 atom stereocenters. The van der Waals surface area contributed by atoms with Crippen LogP contribution in [-0.4, -0.2) is 45.5 Å². The Hall–Kier alpha value is -2.28. The van der Waals surface area contributed by atoms with Crippen molar-refractivity contribution in [2.75, 3.05) is 19.7 Å². The molecule has 116 valence electrons. The summed E-state index contributed by atoms with van der Waals surface area (Å²) in [5, 5.41) is 0. The van der Waals surface area contributed by atoms with Crippen LogP contribution in [0.2, 0.25) is 0 Å². The fourth-order valence-corrected chi connectivity index (χ4v) is 2.55. The van der Waals surface area contributed by atoms with Gasteiger partial charge >= 0.3 is 0 Å². The van der Waals surface area contributed by atoms with Crippen molar-refractivity contribution >= 4 is 5.91 Å². The lowest BCUT2D eigenvalue weighted by Gasteiger charge is -2.32. The lowest BCUT2D eigenvalue weighted by atomic mass is 10.1. The highest BCUT2D eigenvalue weighted by Gasteiger charge is 2.28. The number of hydrogen-bond donors (Lipinski definition) is 0. The molecule has 22 heavy (non-hydrogen) atoms. The van der Waals surface area contributed by atoms with Gasteiger partial charge in [-0.05, 0) is 19.9 Å². The Bertz CT molecular complexity index is 678. The third-order valence-corrected chi connectivity index (χ3v) is 3.51. The first-order chi connectivity index (χ1) is 10.5. The molecule has 1 aliphatic rings. The summed E-state index contributed by atoms with van der Waals surface area (Å²) in [7, 11) is 0. The Labute approximate surface area is 128 Å². The Balaban J connectivity index is 1.78. The third-order valence-electron chi connectivity index (χ3n) is 3.51. The zero-order valence-electron chi connectivity index (χ0n) is 12.9. The molecule has 2 aromatic heterocycles. The summed E-state index contributed by atoms with van der Waals surface area (Å²) in [5.41, 5.74) is 2.02. The molecular formula is C15H18N4O3. The number of nitrogens with zero attached hydrogens (tertiary/aromatic N) is 4. The molecule has 0 aliphatic carbocycles. The van der Waals surface area contributed by atoms with E-state index in [-0.39, 0.29) is 12.0 Å². The Morgan fingerprint density at radius 1 is 1.27 bits per heavy atom. The minimum atomic E-state index is -0.244. The predicted octanol–water partition coefficient (Wildman–Crippen LogP) is 1.60. The molecule has 1 aliphatic heterocycles. The Morgan fingerprint density at radius 3 is 2.77 bits per heavy atom. The molecule has 1 fully saturated rings. The molecule has 1 saturated heterocycles. The lowest BCUT2D eigenvalue weighted by Crippen LogP contribution is -2.42. The molecule has 7 heteroatoms. The van der Waals surface area contributed by atoms with Gasteiger partial charge in [-0.2, -0.15) is 0 Å². The lowest BCUT2D eigenvalue weighted by molar-refractivity contribution is -0.0250. The normalized spacial score (nSPS) is 18.5. The molecule has 0 radical (unpaired) electrons. The molecule has 0 aromatic carbocycles. The topological polar surface area (TPSA) is 81.4 Å². The minimum Gasteiger partial charge on any atom is -0.448 e. The highest BCUT2D eigenvalue weighted by molar-refractivity contribution is 5.92. The van der Waals surface area contributed by atoms with Gasteiger partial charge in [0.05, 0.1) is 18.8 Å². The van der Waals surface area contributed by atoms with Gasteiger partial charge in [0.25, 0.3) is 5.91 Å². The number of aryl methyl sites for hydroxylation is 3. The van der Waals surface area contributed by atoms with E-state index in [9.17, 15) is 4.79 Å². The molecule has 0 saturated carbocycles. The van der Waals surface area contributed by atoms with Gasteiger partial charge in [0.1, 0.15) is 18.2 Å². The largest absolute Gasteiger partial charge is 0.448 e. The maximum atomic E-state index is 12.4. The van der Waals surface area contributed by atoms with Crippen molar-refractivity contribution in [3.8, 4) is 0 Å². The van der Waals surface area contributed by atoms with E-state index in [1.54, 1.807) is 11.8 Å². The number of morpholine rings is 1. The number of carbonyl (C=O) groups excluding carboxylic acids is 1. The number of aromatic nitrogens is 3. The number of amides is 1. The highest BCUT2D eigenvalue weighted by atomic mass is 16.5. The summed E-state index contributed by atoms with van der Waals surface area (Å²) in [6, 6.07) is 1.89. The van der Waals surface area contributed by atoms with Gasteiger partial charge < -0.3 is 14.1 Å². The van der Waals surface area contributed by atoms with E-state index in [2.05, 4.69) is 15.0 Å². The van der Waals surface area contributed by atoms with Gasteiger partial charge in [0, 0.05) is 19.2 Å². The van der Waals surface area contributed by atoms with Crippen molar-refractivity contribution in [1.82, 2.24) is 19.9 Å². The van der Waals surface area contributed by atoms with Crippen molar-refractivity contribution in [3.63, 3.8) is 0 Å². The summed E-state index contributed by atoms with van der Waals surface area (Å²) in [5.74, 6) is 1.04. The molecule has 0 N–H and O–H groups in total. The number of rotatable bonds is 2. The molecule has 0 unspecified atom stereocenters. The molecule has 7 nitrogen and oxygen atoms in total. The fourth-order valence-electron chi connectivity index (χ4n) is 2.55. The molecule has 3 heterocycles. The van der Waals surface area contributed by atoms with Crippen LogP contribution in [0, 0.1) is 20.8 Å². The van der Waals surface area contributed by atoms with Crippen LogP contribution in [0.4, 0.5) is 0 Å². The monoisotopic (exact) mass is 302 g/mol. The first kappa shape index (κ1) is 14.6. The summed E-state index contributed by atoms with van der Waals surface area (Å²) < 4.78 is 10.9. The summed E-state index contributed by atoms with van der Waals surface area (Å²) >= 11 is 0. The maximum Gasteiger partial charge on any atom is 0.275 e. The molecule has 2 aromatic rings. The smallest absolute Gasteiger partial charge is 0.275 e. The minimum absolute atomic E-state index is 0.146. The number of ether oxygens (including phenoxy) is 1. The molecule has 0 bridgehead atoms. The average molecular weight is 302 g/mol. The fraction of sp³-hybridized carbons (Fsp3) is 0.467. The SMILES string of the molecule is Cc1cc([C@H]2CN(C(=O)c3coc(C)n3)CCO2)nc(C)n1. The maximum absolute atomic E-state index is 12.4. The van der Waals surface area contributed by atoms with Crippen LogP contribution < -0.4 is 0 Å². The van der Waals surface area contributed by atoms with Crippen LogP contribution in [-0.2, 0) is 4.74 Å². The van der Waals surface area contributed by atoms with E-state index in [4.69, 9.17) is 9.15 Å². The molecule has 3 rings (SSSR count). The van der Waals surface area contributed by atoms with Gasteiger partial charge in [-0.25, -0.2) is 15.0 Å². The number of hydrogen-bond acceptors (Lipinski definition) is 6. The second-order valence-electron chi connectivity index (χ2n) is 5.34. The number of oxazole rings is 1. The second-order valence-corrected chi connectivity index (χ2v) is 5.34. The molecular weight excluding hydrogens is 284 g/mol. The summed E-state index contributed by atoms with van der Waals surface area (Å²) in [6.45, 7) is 6.92. The van der Waals surface area contributed by atoms with E-state index in [0.29, 0.717) is 37.1 Å². The predicted molar refractivity (Wildman–Crippen MR) is 77.3 cm³/mol. The molecule has 1 amide bonds. The third kappa shape index (κ3) is 2.99. The summed E-state index contributed by atoms with van der Waals surface area (Å²) in [4.78, 5) is 26.9. The first-order valence-corrected chi connectivity index (χ1v) is 7.18. The van der Waals surface area contributed by atoms with Crippen molar-refractivity contribution in [2.24, 2.45) is 0 Å². The quantitative estimate of drug-likeness (QED) is 0.838. The van der Waals surface area contributed by atoms with E-state index < -0.39 is 0 Å². The van der Waals surface area contributed by atoms with E-state index in [1.165, 1.54) is 6.26 Å². The van der Waals surface area contributed by atoms with Crippen molar-refractivity contribution in [2.45, 2.75) is 26.9 Å². The summed E-state index contributed by atoms with van der Waals surface area (Å²) in [6.07, 6.45) is 1.15. The van der Waals surface area contributed by atoms with Gasteiger partial charge in [0.2, 0.25) is 0 Å². The molecule has 0 spiro atoms. The zero-order valence-corrected chi connectivity index (χ0v) is 12.9. The van der Waals surface area contributed by atoms with Gasteiger partial charge in [-0.1, -0.05) is 0 Å². The van der Waals surface area contributed by atoms with Crippen LogP contribution in [0.15, 0.2) is 16.7 Å². The Kier molecular flexibility index (Phi) is 3.89. The van der Waals surface area contributed by atoms with Gasteiger partial charge in [0.15, 0.2) is 11.6 Å². The van der Waals surface area contributed by atoms with E-state index in [1.807, 2.05) is 19.9 Å². The van der Waals surface area contributed by atoms with Crippen LogP contribution in [0.25, 0.3) is 0 Å².